The smallest absolute Gasteiger partial charge is 0.231 e. The van der Waals surface area contributed by atoms with E-state index in [4.69, 9.17) is 11.5 Å². The molecule has 0 aromatic heterocycles. The molecule has 5 N–H and O–H groups in total. The summed E-state index contributed by atoms with van der Waals surface area (Å²) >= 11 is 0. The minimum absolute atomic E-state index is 0.138. The van der Waals surface area contributed by atoms with Crippen molar-refractivity contribution in [2.24, 2.45) is 17.4 Å². The summed E-state index contributed by atoms with van der Waals surface area (Å²) in [4.78, 5) is 24.9. The maximum atomic E-state index is 12.0. The highest BCUT2D eigenvalue weighted by Gasteiger charge is 2.21. The number of carbonyl (C=O) groups excluding carboxylic acids is 2. The summed E-state index contributed by atoms with van der Waals surface area (Å²) in [7, 11) is 0. The van der Waals surface area contributed by atoms with Gasteiger partial charge >= 0.3 is 0 Å². The lowest BCUT2D eigenvalue weighted by atomic mass is 9.96. The first-order chi connectivity index (χ1) is 10.0. The summed E-state index contributed by atoms with van der Waals surface area (Å²) < 4.78 is 0. The number of hydrogen-bond donors (Lipinski definition) is 3. The molecule has 1 heterocycles. The van der Waals surface area contributed by atoms with Crippen LogP contribution in [0, 0.1) is 5.92 Å². The monoisotopic (exact) mass is 298 g/mol. The largest absolute Gasteiger partial charge is 0.369 e. The Balaban J connectivity index is 2.19. The topological polar surface area (TPSA) is 101 Å². The van der Waals surface area contributed by atoms with E-state index in [1.54, 1.807) is 0 Å². The lowest BCUT2D eigenvalue weighted by Crippen LogP contribution is -2.46. The van der Waals surface area contributed by atoms with Gasteiger partial charge in [-0.15, -0.1) is 0 Å². The zero-order chi connectivity index (χ0) is 15.7. The Morgan fingerprint density at radius 3 is 2.48 bits per heavy atom. The van der Waals surface area contributed by atoms with Gasteiger partial charge in [0, 0.05) is 25.6 Å². The maximum absolute atomic E-state index is 12.0. The van der Waals surface area contributed by atoms with Crippen LogP contribution in [0.1, 0.15) is 45.4 Å². The summed E-state index contributed by atoms with van der Waals surface area (Å²) in [5, 5.41) is 3.10. The molecule has 21 heavy (non-hydrogen) atoms. The van der Waals surface area contributed by atoms with Crippen LogP contribution >= 0.6 is 0 Å². The molecular formula is C15H30N4O2. The van der Waals surface area contributed by atoms with Crippen molar-refractivity contribution in [1.29, 1.82) is 0 Å². The lowest BCUT2D eigenvalue weighted by molar-refractivity contribution is -0.123. The van der Waals surface area contributed by atoms with Gasteiger partial charge in [-0.25, -0.2) is 0 Å². The molecule has 1 aliphatic heterocycles. The average molecular weight is 298 g/mol. The molecular weight excluding hydrogens is 268 g/mol. The van der Waals surface area contributed by atoms with E-state index in [1.807, 2.05) is 4.90 Å². The molecule has 0 aliphatic carbocycles. The Labute approximate surface area is 127 Å². The summed E-state index contributed by atoms with van der Waals surface area (Å²) in [5.41, 5.74) is 10.8. The summed E-state index contributed by atoms with van der Waals surface area (Å²) in [6.07, 6.45) is 5.35. The van der Waals surface area contributed by atoms with Crippen LogP contribution in [-0.4, -0.2) is 48.9 Å². The highest BCUT2D eigenvalue weighted by atomic mass is 16.2. The van der Waals surface area contributed by atoms with Gasteiger partial charge in [0.15, 0.2) is 0 Å². The molecule has 1 unspecified atom stereocenters. The SMILES string of the molecule is CCC(CCN)CCC(=O)NC1CCN(CC(N)=O)CC1. The summed E-state index contributed by atoms with van der Waals surface area (Å²) in [5.74, 6) is 0.403. The first-order valence-electron chi connectivity index (χ1n) is 8.05. The molecule has 122 valence electrons. The van der Waals surface area contributed by atoms with Crippen molar-refractivity contribution >= 4 is 11.8 Å². The quantitative estimate of drug-likeness (QED) is 0.566. The Morgan fingerprint density at radius 2 is 1.95 bits per heavy atom. The minimum Gasteiger partial charge on any atom is -0.369 e. The molecule has 1 saturated heterocycles. The van der Waals surface area contributed by atoms with Gasteiger partial charge in [0.25, 0.3) is 0 Å². The predicted molar refractivity (Wildman–Crippen MR) is 83.5 cm³/mol. The number of nitrogens with zero attached hydrogens (tertiary/aromatic N) is 1. The third kappa shape index (κ3) is 7.43. The second-order valence-corrected chi connectivity index (χ2v) is 5.97. The van der Waals surface area contributed by atoms with Crippen LogP contribution in [0.25, 0.3) is 0 Å². The summed E-state index contributed by atoms with van der Waals surface area (Å²) in [6.45, 7) is 4.79. The molecule has 1 aliphatic rings. The van der Waals surface area contributed by atoms with E-state index in [0.29, 0.717) is 25.4 Å². The van der Waals surface area contributed by atoms with E-state index in [9.17, 15) is 9.59 Å². The molecule has 0 spiro atoms. The van der Waals surface area contributed by atoms with Crippen LogP contribution in [0.4, 0.5) is 0 Å². The van der Waals surface area contributed by atoms with Crippen molar-refractivity contribution in [3.05, 3.63) is 0 Å². The molecule has 0 saturated carbocycles. The fourth-order valence-corrected chi connectivity index (χ4v) is 2.88. The van der Waals surface area contributed by atoms with Crippen molar-refractivity contribution in [3.8, 4) is 0 Å². The third-order valence-corrected chi connectivity index (χ3v) is 4.26. The minimum atomic E-state index is -0.289. The number of piperidine rings is 1. The van der Waals surface area contributed by atoms with Crippen molar-refractivity contribution in [3.63, 3.8) is 0 Å². The van der Waals surface area contributed by atoms with Gasteiger partial charge in [-0.3, -0.25) is 14.5 Å². The van der Waals surface area contributed by atoms with E-state index in [0.717, 1.165) is 45.2 Å². The summed E-state index contributed by atoms with van der Waals surface area (Å²) in [6, 6.07) is 0.233. The van der Waals surface area contributed by atoms with Crippen molar-refractivity contribution < 1.29 is 9.59 Å². The molecule has 0 aromatic carbocycles. The number of amides is 2. The van der Waals surface area contributed by atoms with Crippen LogP contribution in [0.15, 0.2) is 0 Å². The standard InChI is InChI=1S/C15H30N4O2/c1-2-12(5-8-16)3-4-15(21)18-13-6-9-19(10-7-13)11-14(17)20/h12-13H,2-11,16H2,1H3,(H2,17,20)(H,18,21). The number of carbonyl (C=O) groups is 2. The van der Waals surface area contributed by atoms with E-state index in [2.05, 4.69) is 12.2 Å². The van der Waals surface area contributed by atoms with E-state index in [-0.39, 0.29) is 17.9 Å². The van der Waals surface area contributed by atoms with Crippen LogP contribution in [0.3, 0.4) is 0 Å². The normalized spacial score (nSPS) is 18.4. The molecule has 0 radical (unpaired) electrons. The molecule has 1 rings (SSSR count). The highest BCUT2D eigenvalue weighted by Crippen LogP contribution is 2.15. The second-order valence-electron chi connectivity index (χ2n) is 5.97. The van der Waals surface area contributed by atoms with Crippen LogP contribution < -0.4 is 16.8 Å². The molecule has 2 amide bonds. The number of primary amides is 1. The highest BCUT2D eigenvalue weighted by molar-refractivity contribution is 5.76. The number of nitrogens with one attached hydrogen (secondary N) is 1. The van der Waals surface area contributed by atoms with Gasteiger partial charge in [0.05, 0.1) is 6.54 Å². The number of nitrogens with two attached hydrogens (primary N) is 2. The first-order valence-corrected chi connectivity index (χ1v) is 8.05. The van der Waals surface area contributed by atoms with E-state index >= 15 is 0 Å². The Hall–Kier alpha value is -1.14. The molecule has 6 nitrogen and oxygen atoms in total. The first kappa shape index (κ1) is 17.9. The fourth-order valence-electron chi connectivity index (χ4n) is 2.88. The zero-order valence-corrected chi connectivity index (χ0v) is 13.1. The van der Waals surface area contributed by atoms with Crippen molar-refractivity contribution in [2.75, 3.05) is 26.2 Å². The predicted octanol–water partition coefficient (Wildman–Crippen LogP) is 0.208. The van der Waals surface area contributed by atoms with Gasteiger partial charge in [0.2, 0.25) is 11.8 Å². The number of rotatable bonds is 9. The lowest BCUT2D eigenvalue weighted by Gasteiger charge is -2.31. The van der Waals surface area contributed by atoms with Crippen LogP contribution in [-0.2, 0) is 9.59 Å². The number of hydrogen-bond acceptors (Lipinski definition) is 4. The Morgan fingerprint density at radius 1 is 1.29 bits per heavy atom. The van der Waals surface area contributed by atoms with Gasteiger partial charge < -0.3 is 16.8 Å². The van der Waals surface area contributed by atoms with E-state index in [1.165, 1.54) is 0 Å². The van der Waals surface area contributed by atoms with E-state index < -0.39 is 0 Å². The molecule has 1 fully saturated rings. The van der Waals surface area contributed by atoms with Crippen molar-refractivity contribution in [2.45, 2.75) is 51.5 Å². The fraction of sp³-hybridized carbons (Fsp3) is 0.867. The van der Waals surface area contributed by atoms with Gasteiger partial charge in [0.1, 0.15) is 0 Å². The van der Waals surface area contributed by atoms with Gasteiger partial charge in [-0.05, 0) is 38.1 Å². The van der Waals surface area contributed by atoms with Gasteiger partial charge in [-0.1, -0.05) is 13.3 Å². The average Bonchev–Trinajstić information content (AvgIpc) is 2.45. The number of likely N-dealkylation sites (tertiary alicyclic amines) is 1. The molecule has 0 bridgehead atoms. The maximum Gasteiger partial charge on any atom is 0.231 e. The molecule has 0 aromatic rings. The zero-order valence-electron chi connectivity index (χ0n) is 13.1. The second kappa shape index (κ2) is 9.73. The van der Waals surface area contributed by atoms with Crippen LogP contribution in [0.2, 0.25) is 0 Å². The van der Waals surface area contributed by atoms with Crippen molar-refractivity contribution in [1.82, 2.24) is 10.2 Å². The Kier molecular flexibility index (Phi) is 8.30. The molecule has 1 atom stereocenters. The van der Waals surface area contributed by atoms with Crippen LogP contribution in [0.5, 0.6) is 0 Å². The Bertz CT molecular complexity index is 328. The molecule has 6 heteroatoms. The van der Waals surface area contributed by atoms with Gasteiger partial charge in [-0.2, -0.15) is 0 Å². The third-order valence-electron chi connectivity index (χ3n) is 4.26.